The molecule has 0 radical (unpaired) electrons. The van der Waals surface area contributed by atoms with Crippen LogP contribution in [0.2, 0.25) is 0 Å². The second-order valence-electron chi connectivity index (χ2n) is 26.6. The third-order valence-corrected chi connectivity index (χ3v) is 16.7. The second kappa shape index (κ2) is 35.2. The van der Waals surface area contributed by atoms with Gasteiger partial charge in [-0.05, 0) is 115 Å². The van der Waals surface area contributed by atoms with Crippen LogP contribution in [0.1, 0.15) is 163 Å². The minimum atomic E-state index is -1.56. The van der Waals surface area contributed by atoms with Gasteiger partial charge in [0.1, 0.15) is 48.3 Å². The van der Waals surface area contributed by atoms with Gasteiger partial charge in [-0.25, -0.2) is 0 Å². The Labute approximate surface area is 511 Å². The van der Waals surface area contributed by atoms with Crippen molar-refractivity contribution >= 4 is 59.1 Å². The first kappa shape index (κ1) is 77.4. The molecule has 0 aromatic rings. The van der Waals surface area contributed by atoms with Crippen LogP contribution in [0.25, 0.3) is 0 Å². The fraction of sp³-hybridized carbons (Fsp3) is 0.810. The Hall–Kier alpha value is -5.64. The largest absolute Gasteiger partial charge is 0.390 e. The molecule has 0 aromatic carbocycles. The number of hydrogen-bond donors (Lipinski definition) is 5. The second-order valence-corrected chi connectivity index (χ2v) is 26.6. The van der Waals surface area contributed by atoms with Crippen molar-refractivity contribution < 1.29 is 53.1 Å². The maximum Gasteiger partial charge on any atom is 0.246 e. The number of rotatable bonds is 15. The first-order valence-corrected chi connectivity index (χ1v) is 31.0. The van der Waals surface area contributed by atoms with Crippen LogP contribution in [-0.4, -0.2) is 227 Å². The van der Waals surface area contributed by atoms with E-state index in [2.05, 4.69) is 21.3 Å². The summed E-state index contributed by atoms with van der Waals surface area (Å²) in [7, 11) is 10.7. The van der Waals surface area contributed by atoms with Gasteiger partial charge in [-0.2, -0.15) is 0 Å². The van der Waals surface area contributed by atoms with Crippen molar-refractivity contribution in [2.75, 3.05) is 55.9 Å². The third-order valence-electron chi connectivity index (χ3n) is 16.7. The summed E-state index contributed by atoms with van der Waals surface area (Å²) in [5.74, 6) is -7.78. The van der Waals surface area contributed by atoms with E-state index < -0.39 is 150 Å². The Balaban J connectivity index is 4.32. The first-order chi connectivity index (χ1) is 39.2. The Kier molecular flexibility index (Phi) is 32.1. The summed E-state index contributed by atoms with van der Waals surface area (Å²) in [6.07, 6.45) is 3.82. The van der Waals surface area contributed by atoms with E-state index in [0.717, 1.165) is 9.80 Å². The Morgan fingerprint density at radius 1 is 0.494 bits per heavy atom. The topological polar surface area (TPSA) is 262 Å². The highest BCUT2D eigenvalue weighted by Crippen LogP contribution is 2.27. The van der Waals surface area contributed by atoms with Crippen LogP contribution in [0.4, 0.5) is 0 Å². The molecular weight excluding hydrogens is 1090 g/mol. The summed E-state index contributed by atoms with van der Waals surface area (Å²) in [5.41, 5.74) is 0. The lowest BCUT2D eigenvalue weighted by Crippen LogP contribution is -2.63. The van der Waals surface area contributed by atoms with Crippen molar-refractivity contribution in [3.63, 3.8) is 0 Å². The maximum atomic E-state index is 15.3. The quantitative estimate of drug-likeness (QED) is 0.145. The molecule has 1 aliphatic heterocycles. The van der Waals surface area contributed by atoms with Crippen molar-refractivity contribution in [2.24, 2.45) is 41.4 Å². The molecule has 0 aromatic heterocycles. The van der Waals surface area contributed by atoms with E-state index in [1.54, 1.807) is 67.5 Å². The fourth-order valence-corrected chi connectivity index (χ4v) is 11.2. The van der Waals surface area contributed by atoms with E-state index >= 15 is 9.59 Å². The lowest BCUT2D eigenvalue weighted by atomic mass is 9.91. The number of nitrogens with one attached hydrogen (secondary N) is 4. The lowest BCUT2D eigenvalue weighted by molar-refractivity contribution is -0.155. The number of amides is 10. The zero-order chi connectivity index (χ0) is 66.0. The Bertz CT molecular complexity index is 2270. The van der Waals surface area contributed by atoms with Gasteiger partial charge in [-0.15, -0.1) is 0 Å². The molecule has 0 aliphatic carbocycles. The highest BCUT2D eigenvalue weighted by Gasteiger charge is 2.45. The molecule has 1 heterocycles. The molecule has 1 fully saturated rings. The molecule has 488 valence electrons. The van der Waals surface area contributed by atoms with Crippen LogP contribution in [0.15, 0.2) is 12.2 Å². The van der Waals surface area contributed by atoms with Gasteiger partial charge in [0.15, 0.2) is 0 Å². The Morgan fingerprint density at radius 3 is 1.44 bits per heavy atom. The fourth-order valence-electron chi connectivity index (χ4n) is 11.2. The molecule has 5 N–H and O–H groups in total. The molecule has 1 unspecified atom stereocenters. The molecule has 1 saturated heterocycles. The van der Waals surface area contributed by atoms with Crippen LogP contribution < -0.4 is 21.3 Å². The van der Waals surface area contributed by atoms with E-state index in [1.807, 2.05) is 93.3 Å². The minimum Gasteiger partial charge on any atom is -0.390 e. The van der Waals surface area contributed by atoms with Crippen molar-refractivity contribution in [3.8, 4) is 0 Å². The van der Waals surface area contributed by atoms with Crippen LogP contribution in [-0.2, 0) is 47.9 Å². The van der Waals surface area contributed by atoms with Gasteiger partial charge in [0, 0.05) is 54.4 Å². The molecule has 13 atom stereocenters. The molecular formula is C63H115N11O11. The average molecular weight is 1200 g/mol. The van der Waals surface area contributed by atoms with Gasteiger partial charge >= 0.3 is 0 Å². The molecule has 0 bridgehead atoms. The first-order valence-electron chi connectivity index (χ1n) is 31.0. The Morgan fingerprint density at radius 2 is 0.965 bits per heavy atom. The molecule has 22 heteroatoms. The molecule has 1 aliphatic rings. The van der Waals surface area contributed by atoms with Gasteiger partial charge < -0.3 is 55.8 Å². The summed E-state index contributed by atoms with van der Waals surface area (Å²) < 4.78 is 0. The highest BCUT2D eigenvalue weighted by atomic mass is 16.3. The number of carbonyl (C=O) groups excluding carboxylic acids is 10. The smallest absolute Gasteiger partial charge is 0.246 e. The van der Waals surface area contributed by atoms with Crippen LogP contribution in [0, 0.1) is 41.4 Å². The molecule has 0 saturated carbocycles. The minimum absolute atomic E-state index is 0.00884. The van der Waals surface area contributed by atoms with Gasteiger partial charge in [-0.1, -0.05) is 109 Å². The predicted molar refractivity (Wildman–Crippen MR) is 333 cm³/mol. The summed E-state index contributed by atoms with van der Waals surface area (Å²) in [6, 6.07) is -11.3. The van der Waals surface area contributed by atoms with E-state index in [4.69, 9.17) is 0 Å². The maximum absolute atomic E-state index is 15.3. The van der Waals surface area contributed by atoms with E-state index in [0.29, 0.717) is 19.3 Å². The zero-order valence-corrected chi connectivity index (χ0v) is 56.7. The number of allylic oxidation sites excluding steroid dienone is 2. The van der Waals surface area contributed by atoms with Crippen LogP contribution in [0.3, 0.4) is 0 Å². The van der Waals surface area contributed by atoms with Gasteiger partial charge in [-0.3, -0.25) is 52.8 Å². The number of aliphatic hydroxyl groups excluding tert-OH is 1. The standard InChI is InChI=1S/C63H115N11O11/c1-26-28-29-41(15)54(76)53-58(80)66-45(27-2)60(82)68(19)34-50(75)70(21)47(31-36(5)6)57(79)67-51(39(11)12)62(84)72(23)48(32-37(7)8)56(78)64-42(16)55(77)65-43(17)59(81)71(22)46(30-35(3)4)44(18)69(20)49(33-38(9)10)61(83)73(24)52(40(13)14)63(85)74(53)25/h26,28,35-49,51-54,76H,27,29-34H2,1-25H3,(H,64,78)(H,65,77)(H,66,80)(H,67,79)/b28-26+/t41-,42+,43-,44?,45+,46+,47+,48+,49+,51+,52+,53+,54-/m1/s1. The monoisotopic (exact) mass is 1200 g/mol. The molecule has 1 rings (SSSR count). The summed E-state index contributed by atoms with van der Waals surface area (Å²) in [6.45, 7) is 32.3. The number of likely N-dealkylation sites (N-methyl/N-ethyl adjacent to an activating group) is 7. The molecule has 0 spiro atoms. The van der Waals surface area contributed by atoms with Gasteiger partial charge in [0.25, 0.3) is 0 Å². The zero-order valence-electron chi connectivity index (χ0n) is 56.7. The van der Waals surface area contributed by atoms with Gasteiger partial charge in [0.2, 0.25) is 59.1 Å². The predicted octanol–water partition coefficient (Wildman–Crippen LogP) is 4.13. The highest BCUT2D eigenvalue weighted by molar-refractivity contribution is 5.98. The third kappa shape index (κ3) is 21.9. The number of aliphatic hydroxyl groups is 1. The van der Waals surface area contributed by atoms with E-state index in [9.17, 15) is 43.5 Å². The van der Waals surface area contributed by atoms with Crippen LogP contribution in [0.5, 0.6) is 0 Å². The molecule has 85 heavy (non-hydrogen) atoms. The summed E-state index contributed by atoms with van der Waals surface area (Å²) in [5, 5.41) is 23.3. The van der Waals surface area contributed by atoms with Crippen LogP contribution >= 0.6 is 0 Å². The molecule has 10 amide bonds. The average Bonchev–Trinajstić information content (AvgIpc) is 3.62. The number of hydrogen-bond acceptors (Lipinski definition) is 12. The van der Waals surface area contributed by atoms with Crippen molar-refractivity contribution in [1.82, 2.24) is 55.6 Å². The molecule has 22 nitrogen and oxygen atoms in total. The van der Waals surface area contributed by atoms with Crippen molar-refractivity contribution in [3.05, 3.63) is 12.2 Å². The summed E-state index contributed by atoms with van der Waals surface area (Å²) >= 11 is 0. The lowest BCUT2D eigenvalue weighted by Gasteiger charge is -2.44. The number of nitrogens with zero attached hydrogens (tertiary/aromatic N) is 7. The summed E-state index contributed by atoms with van der Waals surface area (Å²) in [4.78, 5) is 155. The SMILES string of the molecule is C/C=C/C[C@@H](C)[C@@H](O)[C@H]1C(=O)N[C@@H](CC)C(=O)N(C)CC(=O)N(C)[C@@H](CC(C)C)C(=O)N[C@@H](C(C)C)C(=O)N(C)[C@@H](CC(C)C)C(=O)N[C@@H](C)C(=O)N[C@H](C)C(=O)N(C)[C@@H](CC(C)C)C(C)N(C)[C@@H](CC(C)C)C(=O)N(C)[C@@H](C(C)C)C(=O)N1C. The number of carbonyl (C=O) groups is 10. The normalized spacial score (nSPS) is 28.0. The van der Waals surface area contributed by atoms with Gasteiger partial charge in [0.05, 0.1) is 18.7 Å². The van der Waals surface area contributed by atoms with Crippen molar-refractivity contribution in [1.29, 1.82) is 0 Å². The van der Waals surface area contributed by atoms with Crippen molar-refractivity contribution in [2.45, 2.75) is 236 Å². The van der Waals surface area contributed by atoms with E-state index in [1.165, 1.54) is 49.8 Å². The van der Waals surface area contributed by atoms with E-state index in [-0.39, 0.29) is 48.8 Å².